The van der Waals surface area contributed by atoms with Gasteiger partial charge in [-0.05, 0) is 30.8 Å². The van der Waals surface area contributed by atoms with Gasteiger partial charge in [0.25, 0.3) is 5.91 Å². The van der Waals surface area contributed by atoms with Crippen molar-refractivity contribution in [1.29, 1.82) is 0 Å². The lowest BCUT2D eigenvalue weighted by Gasteiger charge is -2.49. The van der Waals surface area contributed by atoms with Gasteiger partial charge in [-0.15, -0.1) is 23.5 Å². The van der Waals surface area contributed by atoms with Crippen molar-refractivity contribution in [3.8, 4) is 0 Å². The van der Waals surface area contributed by atoms with Gasteiger partial charge in [-0.2, -0.15) is 0 Å². The average Bonchev–Trinajstić information content (AvgIpc) is 3.17. The molecule has 2 aliphatic heterocycles. The molecule has 0 aliphatic carbocycles. The third-order valence-corrected chi connectivity index (χ3v) is 18.7. The molecular weight excluding hydrogens is 579 g/mol. The molecule has 41 heavy (non-hydrogen) atoms. The average molecular weight is 616 g/mol. The van der Waals surface area contributed by atoms with Gasteiger partial charge in [0.05, 0.1) is 3.70 Å². The van der Waals surface area contributed by atoms with Gasteiger partial charge in [0.1, 0.15) is 8.07 Å². The minimum atomic E-state index is -2.36. The van der Waals surface area contributed by atoms with Gasteiger partial charge < -0.3 is 19.1 Å². The van der Waals surface area contributed by atoms with Crippen molar-refractivity contribution in [2.24, 2.45) is 0 Å². The second kappa shape index (κ2) is 13.5. The number of carbonyl (C=O) groups excluding carboxylic acids is 4. The summed E-state index contributed by atoms with van der Waals surface area (Å²) in [6.45, 7) is 6.31. The standard InChI is InChI=1S/C30H37NO7S2Si/c1-21(32)36-26-27(37-22(2)33)29(38-23(3)34)31(28(26)35)18-11-17-30(39-19-12-20-40-30)41(4,24-13-7-5-8-14-24)25-15-9-6-10-16-25/h5-10,13-16,26-27,29H,11-12,17-20H2,1-4H3/t26-,27-,29?/m1/s1. The van der Waals surface area contributed by atoms with Crippen molar-refractivity contribution in [2.75, 3.05) is 18.1 Å². The molecule has 8 nitrogen and oxygen atoms in total. The van der Waals surface area contributed by atoms with Crippen LogP contribution in [0.4, 0.5) is 0 Å². The summed E-state index contributed by atoms with van der Waals surface area (Å²) in [5.74, 6) is -0.419. The van der Waals surface area contributed by atoms with E-state index in [2.05, 4.69) is 55.1 Å². The van der Waals surface area contributed by atoms with Gasteiger partial charge in [0.15, 0.2) is 0 Å². The monoisotopic (exact) mass is 615 g/mol. The van der Waals surface area contributed by atoms with Gasteiger partial charge in [-0.3, -0.25) is 19.2 Å². The topological polar surface area (TPSA) is 99.2 Å². The molecule has 2 aromatic rings. The molecule has 0 saturated carbocycles. The molecule has 220 valence electrons. The van der Waals surface area contributed by atoms with E-state index in [-0.39, 0.29) is 10.2 Å². The van der Waals surface area contributed by atoms with E-state index >= 15 is 0 Å². The van der Waals surface area contributed by atoms with E-state index < -0.39 is 50.3 Å². The van der Waals surface area contributed by atoms with Crippen LogP contribution in [-0.2, 0) is 33.4 Å². The second-order valence-electron chi connectivity index (χ2n) is 10.4. The molecule has 0 spiro atoms. The highest BCUT2D eigenvalue weighted by Gasteiger charge is 2.56. The summed E-state index contributed by atoms with van der Waals surface area (Å²) in [6, 6.07) is 21.5. The lowest BCUT2D eigenvalue weighted by molar-refractivity contribution is -0.180. The number of esters is 3. The molecule has 2 heterocycles. The fraction of sp³-hybridized carbons (Fsp3) is 0.467. The number of ether oxygens (including phenoxy) is 3. The van der Waals surface area contributed by atoms with E-state index in [4.69, 9.17) is 14.2 Å². The Labute approximate surface area is 250 Å². The number of rotatable bonds is 10. The third-order valence-electron chi connectivity index (χ3n) is 7.62. The van der Waals surface area contributed by atoms with Gasteiger partial charge >= 0.3 is 17.9 Å². The van der Waals surface area contributed by atoms with E-state index in [0.717, 1.165) is 24.3 Å². The fourth-order valence-electron chi connectivity index (χ4n) is 5.79. The van der Waals surface area contributed by atoms with Gasteiger partial charge in [-0.1, -0.05) is 77.6 Å². The molecular formula is C30H37NO7S2Si. The van der Waals surface area contributed by atoms with E-state index in [1.165, 1.54) is 36.0 Å². The maximum Gasteiger partial charge on any atom is 0.304 e. The Morgan fingerprint density at radius 3 is 1.85 bits per heavy atom. The van der Waals surface area contributed by atoms with Crippen molar-refractivity contribution < 1.29 is 33.4 Å². The van der Waals surface area contributed by atoms with Crippen LogP contribution in [0, 0.1) is 0 Å². The molecule has 1 unspecified atom stereocenters. The maximum absolute atomic E-state index is 13.5. The van der Waals surface area contributed by atoms with Crippen molar-refractivity contribution in [3.05, 3.63) is 60.7 Å². The van der Waals surface area contributed by atoms with E-state index in [9.17, 15) is 19.2 Å². The molecule has 2 fully saturated rings. The summed E-state index contributed by atoms with van der Waals surface area (Å²) < 4.78 is 16.0. The first-order chi connectivity index (χ1) is 19.6. The SMILES string of the molecule is CC(=O)OC1[C@H](OC(C)=O)[C@@H](OC(C)=O)C(=O)N1CCCC1([Si](C)(c2ccccc2)c2ccccc2)SCCCS1. The Bertz CT molecular complexity index is 1200. The van der Waals surface area contributed by atoms with Gasteiger partial charge in [-0.25, -0.2) is 0 Å². The molecule has 1 amide bonds. The molecule has 2 saturated heterocycles. The van der Waals surface area contributed by atoms with Crippen molar-refractivity contribution in [3.63, 3.8) is 0 Å². The first-order valence-electron chi connectivity index (χ1n) is 13.8. The first kappa shape index (κ1) is 31.2. The number of carbonyl (C=O) groups is 4. The van der Waals surface area contributed by atoms with Crippen LogP contribution in [0.1, 0.15) is 40.0 Å². The maximum atomic E-state index is 13.5. The van der Waals surface area contributed by atoms with Crippen LogP contribution in [0.2, 0.25) is 6.55 Å². The Hall–Kier alpha value is -2.76. The van der Waals surface area contributed by atoms with Crippen molar-refractivity contribution in [1.82, 2.24) is 4.90 Å². The number of hydrogen-bond acceptors (Lipinski definition) is 9. The van der Waals surface area contributed by atoms with Crippen molar-refractivity contribution >= 4 is 65.8 Å². The lowest BCUT2D eigenvalue weighted by Crippen LogP contribution is -2.69. The minimum absolute atomic E-state index is 0.113. The van der Waals surface area contributed by atoms with Gasteiger partial charge in [0.2, 0.25) is 18.4 Å². The third kappa shape index (κ3) is 6.67. The second-order valence-corrected chi connectivity index (χ2v) is 18.4. The normalized spacial score (nSPS) is 22.2. The first-order valence-corrected chi connectivity index (χ1v) is 18.3. The highest BCUT2D eigenvalue weighted by atomic mass is 32.2. The Kier molecular flexibility index (Phi) is 10.2. The molecule has 2 aliphatic rings. The zero-order valence-corrected chi connectivity index (χ0v) is 26.5. The Morgan fingerprint density at radius 2 is 1.37 bits per heavy atom. The summed E-state index contributed by atoms with van der Waals surface area (Å²) in [4.78, 5) is 50.6. The molecule has 0 radical (unpaired) electrons. The molecule has 0 aromatic heterocycles. The minimum Gasteiger partial charge on any atom is -0.452 e. The van der Waals surface area contributed by atoms with Crippen LogP contribution in [0.5, 0.6) is 0 Å². The summed E-state index contributed by atoms with van der Waals surface area (Å²) in [6.07, 6.45) is -1.23. The molecule has 2 aromatic carbocycles. The predicted octanol–water partition coefficient (Wildman–Crippen LogP) is 3.36. The number of hydrogen-bond donors (Lipinski definition) is 0. The Balaban J connectivity index is 1.66. The zero-order valence-electron chi connectivity index (χ0n) is 23.9. The van der Waals surface area contributed by atoms with Crippen LogP contribution in [0.25, 0.3) is 0 Å². The summed E-state index contributed by atoms with van der Waals surface area (Å²) in [7, 11) is -2.36. The van der Waals surface area contributed by atoms with E-state index in [0.29, 0.717) is 6.42 Å². The van der Waals surface area contributed by atoms with Crippen LogP contribution in [0.15, 0.2) is 60.7 Å². The number of nitrogens with zero attached hydrogens (tertiary/aromatic N) is 1. The number of thioether (sulfide) groups is 2. The Morgan fingerprint density at radius 1 is 0.854 bits per heavy atom. The summed E-state index contributed by atoms with van der Waals surface area (Å²) >= 11 is 4.03. The number of amides is 1. The quantitative estimate of drug-likeness (QED) is 0.226. The molecule has 0 bridgehead atoms. The van der Waals surface area contributed by atoms with Crippen LogP contribution < -0.4 is 10.4 Å². The molecule has 4 rings (SSSR count). The molecule has 0 N–H and O–H groups in total. The van der Waals surface area contributed by atoms with E-state index in [1.54, 1.807) is 0 Å². The molecule has 3 atom stereocenters. The number of likely N-dealkylation sites (tertiary alicyclic amines) is 1. The van der Waals surface area contributed by atoms with Crippen LogP contribution in [0.3, 0.4) is 0 Å². The largest absolute Gasteiger partial charge is 0.452 e. The van der Waals surface area contributed by atoms with Crippen LogP contribution >= 0.6 is 23.5 Å². The number of benzene rings is 2. The van der Waals surface area contributed by atoms with Gasteiger partial charge in [0, 0.05) is 27.3 Å². The highest BCUT2D eigenvalue weighted by molar-refractivity contribution is 8.21. The van der Waals surface area contributed by atoms with Crippen molar-refractivity contribution in [2.45, 2.75) is 68.7 Å². The van der Waals surface area contributed by atoms with Crippen LogP contribution in [-0.4, -0.2) is 77.0 Å². The highest BCUT2D eigenvalue weighted by Crippen LogP contribution is 2.51. The van der Waals surface area contributed by atoms with E-state index in [1.807, 2.05) is 35.7 Å². The summed E-state index contributed by atoms with van der Waals surface area (Å²) in [5.41, 5.74) is 0. The summed E-state index contributed by atoms with van der Waals surface area (Å²) in [5, 5.41) is 2.71. The smallest absolute Gasteiger partial charge is 0.304 e. The zero-order chi connectivity index (χ0) is 29.6. The lowest BCUT2D eigenvalue weighted by atomic mass is 10.2. The predicted molar refractivity (Wildman–Crippen MR) is 164 cm³/mol. The molecule has 11 heteroatoms. The fourth-order valence-corrected chi connectivity index (χ4v) is 16.6.